The Balaban J connectivity index is 2.68. The van der Waals surface area contributed by atoms with Crippen LogP contribution in [0.4, 0.5) is 0 Å². The predicted octanol–water partition coefficient (Wildman–Crippen LogP) is 3.00. The van der Waals surface area contributed by atoms with Crippen LogP contribution in [0.15, 0.2) is 58.3 Å². The van der Waals surface area contributed by atoms with Gasteiger partial charge in [-0.3, -0.25) is 0 Å². The molecule has 0 radical (unpaired) electrons. The van der Waals surface area contributed by atoms with Gasteiger partial charge in [-0.05, 0) is 38.1 Å². The van der Waals surface area contributed by atoms with E-state index in [0.717, 1.165) is 11.1 Å². The molecule has 0 heterocycles. The van der Waals surface area contributed by atoms with E-state index < -0.39 is 30.4 Å². The zero-order valence-electron chi connectivity index (χ0n) is 14.4. The monoisotopic (exact) mass is 382 g/mol. The van der Waals surface area contributed by atoms with Gasteiger partial charge in [0.2, 0.25) is 19.7 Å². The molecule has 0 unspecified atom stereocenters. The lowest BCUT2D eigenvalue weighted by atomic mass is 10.2. The number of hydrogen-bond donors (Lipinski definition) is 1. The highest BCUT2D eigenvalue weighted by Gasteiger charge is 2.54. The van der Waals surface area contributed by atoms with Crippen molar-refractivity contribution in [3.63, 3.8) is 0 Å². The molecule has 25 heavy (non-hydrogen) atoms. The van der Waals surface area contributed by atoms with Crippen LogP contribution in [-0.4, -0.2) is 26.2 Å². The Morgan fingerprint density at radius 2 is 1.08 bits per heavy atom. The van der Waals surface area contributed by atoms with Gasteiger partial charge in [-0.25, -0.2) is 16.8 Å². The molecule has 0 atom stereocenters. The van der Waals surface area contributed by atoms with Crippen LogP contribution in [0.1, 0.15) is 30.9 Å². The molecule has 0 amide bonds. The summed E-state index contributed by atoms with van der Waals surface area (Å²) in [4.78, 5) is -0.436. The first-order valence-corrected chi connectivity index (χ1v) is 10.9. The topological polar surface area (TPSA) is 88.5 Å². The first kappa shape index (κ1) is 19.6. The summed E-state index contributed by atoms with van der Waals surface area (Å²) in [5.74, 6) is 0. The lowest BCUT2D eigenvalue weighted by Gasteiger charge is -2.27. The number of aryl methyl sites for hydroxylation is 2. The molecule has 2 aromatic carbocycles. The zero-order chi connectivity index (χ0) is 18.9. The van der Waals surface area contributed by atoms with Crippen molar-refractivity contribution in [1.29, 1.82) is 0 Å². The summed E-state index contributed by atoms with van der Waals surface area (Å²) < 4.78 is 49.1. The molecule has 0 aliphatic carbocycles. The molecule has 5 nitrogen and oxygen atoms in total. The van der Waals surface area contributed by atoms with E-state index >= 15 is 0 Å². The number of aliphatic hydroxyl groups is 1. The molecular weight excluding hydrogens is 360 g/mol. The maximum Gasteiger partial charge on any atom is 0.277 e. The van der Waals surface area contributed by atoms with Gasteiger partial charge in [-0.15, -0.1) is 0 Å². The van der Waals surface area contributed by atoms with Gasteiger partial charge >= 0.3 is 0 Å². The second-order valence-corrected chi connectivity index (χ2v) is 10.7. The Kier molecular flexibility index (Phi) is 5.41. The van der Waals surface area contributed by atoms with E-state index in [0.29, 0.717) is 0 Å². The normalized spacial score (nSPS) is 13.0. The second-order valence-electron chi connectivity index (χ2n) is 6.10. The van der Waals surface area contributed by atoms with Gasteiger partial charge < -0.3 is 5.11 Å². The fraction of sp³-hybridized carbons (Fsp3) is 0.333. The quantitative estimate of drug-likeness (QED) is 0.830. The first-order valence-electron chi connectivity index (χ1n) is 7.91. The molecule has 7 heteroatoms. The van der Waals surface area contributed by atoms with Crippen molar-refractivity contribution in [2.45, 2.75) is 47.7 Å². The van der Waals surface area contributed by atoms with Crippen molar-refractivity contribution in [2.75, 3.05) is 0 Å². The van der Waals surface area contributed by atoms with Gasteiger partial charge in [0, 0.05) is 6.42 Å². The highest BCUT2D eigenvalue weighted by Crippen LogP contribution is 2.37. The van der Waals surface area contributed by atoms with Crippen molar-refractivity contribution in [3.8, 4) is 0 Å². The number of rotatable bonds is 6. The molecule has 0 saturated carbocycles. The Labute approximate surface area is 149 Å². The van der Waals surface area contributed by atoms with E-state index in [4.69, 9.17) is 0 Å². The lowest BCUT2D eigenvalue weighted by Crippen LogP contribution is -2.46. The Morgan fingerprint density at radius 3 is 1.36 bits per heavy atom. The van der Waals surface area contributed by atoms with Gasteiger partial charge in [0.05, 0.1) is 9.79 Å². The molecule has 1 N–H and O–H groups in total. The van der Waals surface area contributed by atoms with Crippen molar-refractivity contribution in [2.24, 2.45) is 0 Å². The van der Waals surface area contributed by atoms with Crippen LogP contribution < -0.4 is 0 Å². The fourth-order valence-corrected chi connectivity index (χ4v) is 6.94. The van der Waals surface area contributed by atoms with Gasteiger partial charge in [0.1, 0.15) is 0 Å². The summed E-state index contributed by atoms with van der Waals surface area (Å²) in [6.45, 7) is 5.20. The van der Waals surface area contributed by atoms with E-state index in [1.165, 1.54) is 24.3 Å². The Hall–Kier alpha value is -1.70. The van der Waals surface area contributed by atoms with Crippen LogP contribution in [0.5, 0.6) is 0 Å². The predicted molar refractivity (Wildman–Crippen MR) is 96.6 cm³/mol. The van der Waals surface area contributed by atoms with Crippen LogP contribution >= 0.6 is 0 Å². The molecule has 0 saturated heterocycles. The largest absolute Gasteiger partial charge is 0.362 e. The minimum atomic E-state index is -4.53. The molecule has 0 aliphatic heterocycles. The van der Waals surface area contributed by atoms with Gasteiger partial charge in [-0.2, -0.15) is 0 Å². The third-order valence-electron chi connectivity index (χ3n) is 4.07. The Morgan fingerprint density at radius 1 is 0.760 bits per heavy atom. The van der Waals surface area contributed by atoms with Gasteiger partial charge in [0.25, 0.3) is 4.27 Å². The summed E-state index contributed by atoms with van der Waals surface area (Å²) >= 11 is 0. The smallest absolute Gasteiger partial charge is 0.277 e. The summed E-state index contributed by atoms with van der Waals surface area (Å²) in [6, 6.07) is 11.5. The van der Waals surface area contributed by atoms with Gasteiger partial charge in [0.15, 0.2) is 0 Å². The molecule has 0 aliphatic rings. The van der Waals surface area contributed by atoms with Crippen LogP contribution in [0, 0.1) is 13.8 Å². The molecule has 2 aromatic rings. The zero-order valence-corrected chi connectivity index (χ0v) is 16.1. The van der Waals surface area contributed by atoms with Crippen LogP contribution in [0.25, 0.3) is 0 Å². The van der Waals surface area contributed by atoms with Crippen molar-refractivity contribution in [1.82, 2.24) is 0 Å². The maximum absolute atomic E-state index is 13.0. The van der Waals surface area contributed by atoms with Gasteiger partial charge in [-0.1, -0.05) is 48.7 Å². The standard InChI is InChI=1S/C18H22O5S2/c1-4-13-18(19,24(20,21)16-9-5-14(2)6-10-16)25(22,23)17-11-7-15(3)8-12-17/h5-12,19H,4,13H2,1-3H3. The van der Waals surface area contributed by atoms with Crippen LogP contribution in [-0.2, 0) is 19.7 Å². The third kappa shape index (κ3) is 3.36. The average molecular weight is 383 g/mol. The summed E-state index contributed by atoms with van der Waals surface area (Å²) in [6.07, 6.45) is -0.230. The van der Waals surface area contributed by atoms with Crippen molar-refractivity contribution >= 4 is 19.7 Å². The average Bonchev–Trinajstić information content (AvgIpc) is 2.55. The molecule has 0 bridgehead atoms. The van der Waals surface area contributed by atoms with Crippen molar-refractivity contribution < 1.29 is 21.9 Å². The summed E-state index contributed by atoms with van der Waals surface area (Å²) in [5.41, 5.74) is 1.67. The van der Waals surface area contributed by atoms with E-state index in [2.05, 4.69) is 0 Å². The summed E-state index contributed by atoms with van der Waals surface area (Å²) in [7, 11) is -9.06. The van der Waals surface area contributed by atoms with E-state index in [9.17, 15) is 21.9 Å². The third-order valence-corrected chi connectivity index (χ3v) is 9.26. The first-order chi connectivity index (χ1) is 11.6. The lowest BCUT2D eigenvalue weighted by molar-refractivity contribution is 0.190. The molecule has 2 rings (SSSR count). The number of benzene rings is 2. The highest BCUT2D eigenvalue weighted by molar-refractivity contribution is 8.10. The maximum atomic E-state index is 13.0. The van der Waals surface area contributed by atoms with Crippen LogP contribution in [0.2, 0.25) is 0 Å². The second kappa shape index (κ2) is 6.90. The number of sulfone groups is 2. The molecular formula is C18H22O5S2. The van der Waals surface area contributed by atoms with E-state index in [-0.39, 0.29) is 16.2 Å². The van der Waals surface area contributed by atoms with E-state index in [1.807, 2.05) is 0 Å². The summed E-state index contributed by atoms with van der Waals surface area (Å²) in [5, 5.41) is 10.9. The SMILES string of the molecule is CCCC(O)(S(=O)(=O)c1ccc(C)cc1)S(=O)(=O)c1ccc(C)cc1. The fourth-order valence-electron chi connectivity index (χ4n) is 2.53. The highest BCUT2D eigenvalue weighted by atomic mass is 32.3. The minimum absolute atomic E-state index is 0.187. The molecule has 0 fully saturated rings. The molecule has 136 valence electrons. The van der Waals surface area contributed by atoms with Crippen LogP contribution in [0.3, 0.4) is 0 Å². The minimum Gasteiger partial charge on any atom is -0.362 e. The number of hydrogen-bond acceptors (Lipinski definition) is 5. The van der Waals surface area contributed by atoms with E-state index in [1.54, 1.807) is 45.0 Å². The molecule has 0 spiro atoms. The Bertz CT molecular complexity index is 866. The van der Waals surface area contributed by atoms with Crippen molar-refractivity contribution in [3.05, 3.63) is 59.7 Å². The molecule has 0 aromatic heterocycles.